The van der Waals surface area contributed by atoms with E-state index >= 15 is 0 Å². The van der Waals surface area contributed by atoms with Crippen molar-refractivity contribution in [3.8, 4) is 0 Å². The van der Waals surface area contributed by atoms with E-state index in [0.29, 0.717) is 0 Å². The summed E-state index contributed by atoms with van der Waals surface area (Å²) in [5, 5.41) is 11.1. The number of ether oxygens (including phenoxy) is 1. The van der Waals surface area contributed by atoms with Crippen LogP contribution in [0.1, 0.15) is 17.0 Å². The van der Waals surface area contributed by atoms with Crippen LogP contribution in [0.3, 0.4) is 0 Å². The van der Waals surface area contributed by atoms with E-state index in [1.807, 2.05) is 18.7 Å². The Balaban J connectivity index is 2.37. The Labute approximate surface area is 133 Å². The largest absolute Gasteiger partial charge is 0.383 e. The van der Waals surface area contributed by atoms with Crippen LogP contribution in [-0.4, -0.2) is 68.1 Å². The van der Waals surface area contributed by atoms with Gasteiger partial charge in [0.1, 0.15) is 0 Å². The first kappa shape index (κ1) is 18.4. The molecule has 0 unspecified atom stereocenters. The van der Waals surface area contributed by atoms with Gasteiger partial charge in [-0.05, 0) is 20.9 Å². The van der Waals surface area contributed by atoms with Crippen molar-refractivity contribution >= 4 is 5.96 Å². The first-order valence-electron chi connectivity index (χ1n) is 7.60. The van der Waals surface area contributed by atoms with Gasteiger partial charge in [0.2, 0.25) is 0 Å². The molecule has 0 aliphatic carbocycles. The molecular weight excluding hydrogens is 280 g/mol. The highest BCUT2D eigenvalue weighted by atomic mass is 16.5. The molecule has 0 saturated heterocycles. The summed E-state index contributed by atoms with van der Waals surface area (Å²) in [5.41, 5.74) is 3.46. The highest BCUT2D eigenvalue weighted by Crippen LogP contribution is 2.10. The third-order valence-corrected chi connectivity index (χ3v) is 3.78. The summed E-state index contributed by atoms with van der Waals surface area (Å²) in [6, 6.07) is 0. The quantitative estimate of drug-likeness (QED) is 0.533. The van der Waals surface area contributed by atoms with Crippen LogP contribution in [0.25, 0.3) is 0 Å². The van der Waals surface area contributed by atoms with Crippen LogP contribution in [0.5, 0.6) is 0 Å². The third kappa shape index (κ3) is 5.65. The summed E-state index contributed by atoms with van der Waals surface area (Å²) in [6.45, 7) is 8.30. The number of aryl methyl sites for hydroxylation is 2. The minimum atomic E-state index is 0.727. The van der Waals surface area contributed by atoms with Crippen LogP contribution in [0, 0.1) is 13.8 Å². The molecule has 0 bridgehead atoms. The number of methoxy groups -OCH3 is 1. The molecule has 7 nitrogen and oxygen atoms in total. The van der Waals surface area contributed by atoms with Gasteiger partial charge in [-0.1, -0.05) is 0 Å². The smallest absolute Gasteiger partial charge is 0.191 e. The lowest BCUT2D eigenvalue weighted by molar-refractivity contribution is 0.162. The van der Waals surface area contributed by atoms with E-state index in [1.54, 1.807) is 14.2 Å². The molecule has 126 valence electrons. The summed E-state index contributed by atoms with van der Waals surface area (Å²) in [5.74, 6) is 0.808. The Morgan fingerprint density at radius 2 is 2.05 bits per heavy atom. The van der Waals surface area contributed by atoms with Crippen LogP contribution < -0.4 is 10.6 Å². The van der Waals surface area contributed by atoms with Crippen LogP contribution in [0.15, 0.2) is 4.99 Å². The van der Waals surface area contributed by atoms with Crippen LogP contribution in [0.2, 0.25) is 0 Å². The fraction of sp³-hybridized carbons (Fsp3) is 0.733. The SMILES string of the molecule is CN=C(NCCN(C)CCOC)NCc1c(C)nn(C)c1C. The molecule has 7 heteroatoms. The molecule has 0 aromatic carbocycles. The van der Waals surface area contributed by atoms with E-state index in [1.165, 1.54) is 11.3 Å². The lowest BCUT2D eigenvalue weighted by Crippen LogP contribution is -2.41. The number of hydrogen-bond donors (Lipinski definition) is 2. The van der Waals surface area contributed by atoms with Gasteiger partial charge in [0, 0.05) is 58.6 Å². The first-order valence-corrected chi connectivity index (χ1v) is 7.60. The Kier molecular flexibility index (Phi) is 7.90. The van der Waals surface area contributed by atoms with E-state index in [2.05, 4.69) is 39.6 Å². The van der Waals surface area contributed by atoms with Gasteiger partial charge in [-0.2, -0.15) is 5.10 Å². The van der Waals surface area contributed by atoms with E-state index < -0.39 is 0 Å². The van der Waals surface area contributed by atoms with Crippen molar-refractivity contribution in [3.05, 3.63) is 17.0 Å². The van der Waals surface area contributed by atoms with E-state index in [-0.39, 0.29) is 0 Å². The number of hydrogen-bond acceptors (Lipinski definition) is 4. The van der Waals surface area contributed by atoms with Crippen molar-refractivity contribution < 1.29 is 4.74 Å². The van der Waals surface area contributed by atoms with E-state index in [9.17, 15) is 0 Å². The summed E-state index contributed by atoms with van der Waals surface area (Å²) in [4.78, 5) is 6.47. The number of nitrogens with one attached hydrogen (secondary N) is 2. The van der Waals surface area contributed by atoms with Gasteiger partial charge in [-0.25, -0.2) is 0 Å². The van der Waals surface area contributed by atoms with Gasteiger partial charge >= 0.3 is 0 Å². The maximum absolute atomic E-state index is 5.07. The van der Waals surface area contributed by atoms with Gasteiger partial charge in [0.25, 0.3) is 0 Å². The van der Waals surface area contributed by atoms with Gasteiger partial charge in [-0.3, -0.25) is 9.67 Å². The fourth-order valence-corrected chi connectivity index (χ4v) is 2.19. The molecule has 0 radical (unpaired) electrons. The molecule has 2 N–H and O–H groups in total. The summed E-state index contributed by atoms with van der Waals surface area (Å²) in [7, 11) is 7.56. The molecule has 0 atom stereocenters. The van der Waals surface area contributed by atoms with Gasteiger partial charge < -0.3 is 20.3 Å². The molecule has 0 fully saturated rings. The summed E-state index contributed by atoms with van der Waals surface area (Å²) >= 11 is 0. The fourth-order valence-electron chi connectivity index (χ4n) is 2.19. The summed E-state index contributed by atoms with van der Waals surface area (Å²) in [6.07, 6.45) is 0. The Bertz CT molecular complexity index is 483. The van der Waals surface area contributed by atoms with Crippen LogP contribution >= 0.6 is 0 Å². The zero-order valence-electron chi connectivity index (χ0n) is 14.7. The molecular formula is C15H30N6O. The van der Waals surface area contributed by atoms with E-state index in [4.69, 9.17) is 4.74 Å². The standard InChI is InChI=1S/C15H30N6O/c1-12-14(13(2)21(5)19-12)11-18-15(16-3)17-7-8-20(4)9-10-22-6/h7-11H2,1-6H3,(H2,16,17,18). The predicted octanol–water partition coefficient (Wildman–Crippen LogP) is 0.280. The van der Waals surface area contributed by atoms with Crippen molar-refractivity contribution in [2.24, 2.45) is 12.0 Å². The summed E-state index contributed by atoms with van der Waals surface area (Å²) < 4.78 is 6.98. The molecule has 1 aromatic rings. The Hall–Kier alpha value is -1.60. The molecule has 22 heavy (non-hydrogen) atoms. The molecule has 1 heterocycles. The highest BCUT2D eigenvalue weighted by molar-refractivity contribution is 5.79. The number of nitrogens with zero attached hydrogens (tertiary/aromatic N) is 4. The van der Waals surface area contributed by atoms with Crippen molar-refractivity contribution in [1.82, 2.24) is 25.3 Å². The average Bonchev–Trinajstić information content (AvgIpc) is 2.74. The minimum absolute atomic E-state index is 0.727. The number of rotatable bonds is 8. The number of aromatic nitrogens is 2. The maximum Gasteiger partial charge on any atom is 0.191 e. The van der Waals surface area contributed by atoms with Crippen molar-refractivity contribution in [3.63, 3.8) is 0 Å². The predicted molar refractivity (Wildman–Crippen MR) is 90.3 cm³/mol. The third-order valence-electron chi connectivity index (χ3n) is 3.78. The molecule has 0 spiro atoms. The van der Waals surface area contributed by atoms with Gasteiger partial charge in [0.05, 0.1) is 12.3 Å². The lowest BCUT2D eigenvalue weighted by Gasteiger charge is -2.17. The number of likely N-dealkylation sites (N-methyl/N-ethyl adjacent to an activating group) is 1. The second-order valence-electron chi connectivity index (χ2n) is 5.42. The maximum atomic E-state index is 5.07. The molecule has 1 rings (SSSR count). The van der Waals surface area contributed by atoms with Crippen molar-refractivity contribution in [2.75, 3.05) is 47.4 Å². The normalized spacial score (nSPS) is 12.0. The van der Waals surface area contributed by atoms with Gasteiger partial charge in [0.15, 0.2) is 5.96 Å². The zero-order valence-corrected chi connectivity index (χ0v) is 14.7. The molecule has 1 aromatic heterocycles. The van der Waals surface area contributed by atoms with Crippen LogP contribution in [-0.2, 0) is 18.3 Å². The molecule has 0 aliphatic heterocycles. The van der Waals surface area contributed by atoms with Crippen molar-refractivity contribution in [1.29, 1.82) is 0 Å². The number of guanidine groups is 1. The second-order valence-corrected chi connectivity index (χ2v) is 5.42. The Morgan fingerprint density at radius 1 is 1.32 bits per heavy atom. The minimum Gasteiger partial charge on any atom is -0.383 e. The topological polar surface area (TPSA) is 66.7 Å². The second kappa shape index (κ2) is 9.42. The zero-order chi connectivity index (χ0) is 16.5. The molecule has 0 amide bonds. The Morgan fingerprint density at radius 3 is 2.59 bits per heavy atom. The lowest BCUT2D eigenvalue weighted by atomic mass is 10.2. The van der Waals surface area contributed by atoms with E-state index in [0.717, 1.165) is 44.4 Å². The molecule has 0 saturated carbocycles. The monoisotopic (exact) mass is 310 g/mol. The average molecular weight is 310 g/mol. The van der Waals surface area contributed by atoms with Crippen molar-refractivity contribution in [2.45, 2.75) is 20.4 Å². The first-order chi connectivity index (χ1) is 10.5. The number of aliphatic imine (C=N–C) groups is 1. The van der Waals surface area contributed by atoms with Crippen LogP contribution in [0.4, 0.5) is 0 Å². The van der Waals surface area contributed by atoms with Gasteiger partial charge in [-0.15, -0.1) is 0 Å². The molecule has 0 aliphatic rings. The highest BCUT2D eigenvalue weighted by Gasteiger charge is 2.09.